The number of hydrogen-bond acceptors (Lipinski definition) is 4. The molecule has 0 N–H and O–H groups in total. The van der Waals surface area contributed by atoms with Crippen LogP contribution in [0.3, 0.4) is 0 Å². The minimum Gasteiger partial charge on any atom is -0.497 e. The lowest BCUT2D eigenvalue weighted by Crippen LogP contribution is -2.26. The number of methoxy groups -OCH3 is 2. The van der Waals surface area contributed by atoms with Gasteiger partial charge >= 0.3 is 0 Å². The lowest BCUT2D eigenvalue weighted by Gasteiger charge is -2.24. The fraction of sp³-hybridized carbons (Fsp3) is 0.235. The molecule has 0 radical (unpaired) electrons. The molecular formula is C17H16O4. The highest BCUT2D eigenvalue weighted by Crippen LogP contribution is 2.35. The molecule has 0 aliphatic carbocycles. The van der Waals surface area contributed by atoms with Crippen LogP contribution in [0.2, 0.25) is 0 Å². The zero-order valence-corrected chi connectivity index (χ0v) is 12.0. The molecule has 1 aliphatic rings. The molecule has 0 amide bonds. The number of benzene rings is 2. The van der Waals surface area contributed by atoms with Gasteiger partial charge in [-0.2, -0.15) is 0 Å². The number of rotatable bonds is 3. The van der Waals surface area contributed by atoms with E-state index in [2.05, 4.69) is 0 Å². The van der Waals surface area contributed by atoms with Crippen molar-refractivity contribution in [2.45, 2.75) is 5.92 Å². The smallest absolute Gasteiger partial charge is 0.177 e. The van der Waals surface area contributed by atoms with Crippen molar-refractivity contribution >= 4 is 5.78 Å². The van der Waals surface area contributed by atoms with Gasteiger partial charge in [0, 0.05) is 6.07 Å². The minimum absolute atomic E-state index is 0.0732. The van der Waals surface area contributed by atoms with Gasteiger partial charge in [0.2, 0.25) is 0 Å². The molecule has 2 aromatic rings. The summed E-state index contributed by atoms with van der Waals surface area (Å²) in [5.74, 6) is 1.84. The monoisotopic (exact) mass is 284 g/mol. The average Bonchev–Trinajstić information content (AvgIpc) is 2.55. The number of hydrogen-bond donors (Lipinski definition) is 0. The maximum absolute atomic E-state index is 12.6. The van der Waals surface area contributed by atoms with E-state index in [1.54, 1.807) is 32.4 Å². The van der Waals surface area contributed by atoms with E-state index in [9.17, 15) is 4.79 Å². The zero-order chi connectivity index (χ0) is 14.8. The second kappa shape index (κ2) is 5.48. The summed E-state index contributed by atoms with van der Waals surface area (Å²) in [6.45, 7) is 0.339. The van der Waals surface area contributed by atoms with Gasteiger partial charge in [0.05, 0.1) is 25.7 Å². The number of carbonyl (C=O) groups is 1. The Hall–Kier alpha value is -2.49. The standard InChI is InChI=1S/C17H16O4/c1-19-12-5-3-11(4-6-12)15-10-21-16-9-13(20-2)7-8-14(16)17(15)18/h3-9,15H,10H2,1-2H3. The van der Waals surface area contributed by atoms with Crippen LogP contribution < -0.4 is 14.2 Å². The summed E-state index contributed by atoms with van der Waals surface area (Å²) < 4.78 is 16.0. The zero-order valence-electron chi connectivity index (χ0n) is 12.0. The molecule has 0 spiro atoms. The molecule has 1 aliphatic heterocycles. The average molecular weight is 284 g/mol. The summed E-state index contributed by atoms with van der Waals surface area (Å²) in [6, 6.07) is 12.8. The Bertz CT molecular complexity index is 661. The van der Waals surface area contributed by atoms with E-state index >= 15 is 0 Å². The van der Waals surface area contributed by atoms with Crippen LogP contribution >= 0.6 is 0 Å². The first-order chi connectivity index (χ1) is 10.2. The summed E-state index contributed by atoms with van der Waals surface area (Å²) in [5, 5.41) is 0. The predicted molar refractivity (Wildman–Crippen MR) is 78.6 cm³/mol. The van der Waals surface area contributed by atoms with Crippen LogP contribution in [-0.4, -0.2) is 26.6 Å². The van der Waals surface area contributed by atoms with Gasteiger partial charge in [0.15, 0.2) is 5.78 Å². The van der Waals surface area contributed by atoms with E-state index in [4.69, 9.17) is 14.2 Å². The molecule has 0 fully saturated rings. The maximum atomic E-state index is 12.6. The van der Waals surface area contributed by atoms with Gasteiger partial charge in [-0.3, -0.25) is 4.79 Å². The predicted octanol–water partition coefficient (Wildman–Crippen LogP) is 3.06. The van der Waals surface area contributed by atoms with Gasteiger partial charge in [-0.1, -0.05) is 12.1 Å². The SMILES string of the molecule is COc1ccc(C2COc3cc(OC)ccc3C2=O)cc1. The summed E-state index contributed by atoms with van der Waals surface area (Å²) in [6.07, 6.45) is 0. The first kappa shape index (κ1) is 13.5. The van der Waals surface area contributed by atoms with Crippen molar-refractivity contribution in [2.75, 3.05) is 20.8 Å². The van der Waals surface area contributed by atoms with Crippen LogP contribution in [0, 0.1) is 0 Å². The van der Waals surface area contributed by atoms with E-state index in [0.29, 0.717) is 23.7 Å². The highest BCUT2D eigenvalue weighted by molar-refractivity contribution is 6.04. The third-order valence-electron chi connectivity index (χ3n) is 3.69. The molecular weight excluding hydrogens is 268 g/mol. The Morgan fingerprint density at radius 1 is 1.00 bits per heavy atom. The third kappa shape index (κ3) is 2.44. The summed E-state index contributed by atoms with van der Waals surface area (Å²) >= 11 is 0. The molecule has 4 heteroatoms. The summed E-state index contributed by atoms with van der Waals surface area (Å²) in [4.78, 5) is 12.6. The van der Waals surface area contributed by atoms with Crippen LogP contribution in [0.1, 0.15) is 21.8 Å². The van der Waals surface area contributed by atoms with Crippen molar-refractivity contribution < 1.29 is 19.0 Å². The summed E-state index contributed by atoms with van der Waals surface area (Å²) in [7, 11) is 3.21. The third-order valence-corrected chi connectivity index (χ3v) is 3.69. The number of fused-ring (bicyclic) bond motifs is 1. The molecule has 1 atom stereocenters. The Balaban J connectivity index is 1.90. The highest BCUT2D eigenvalue weighted by Gasteiger charge is 2.30. The molecule has 108 valence electrons. The number of Topliss-reactive ketones (excluding diaryl/α,β-unsaturated/α-hetero) is 1. The second-order valence-electron chi connectivity index (χ2n) is 4.86. The molecule has 0 aromatic heterocycles. The summed E-state index contributed by atoms with van der Waals surface area (Å²) in [5.41, 5.74) is 1.53. The van der Waals surface area contributed by atoms with Gasteiger partial charge < -0.3 is 14.2 Å². The van der Waals surface area contributed by atoms with Crippen LogP contribution in [0.4, 0.5) is 0 Å². The highest BCUT2D eigenvalue weighted by atomic mass is 16.5. The first-order valence-electron chi connectivity index (χ1n) is 6.72. The second-order valence-corrected chi connectivity index (χ2v) is 4.86. The Morgan fingerprint density at radius 2 is 1.67 bits per heavy atom. The van der Waals surface area contributed by atoms with Gasteiger partial charge in [-0.05, 0) is 29.8 Å². The minimum atomic E-state index is -0.281. The van der Waals surface area contributed by atoms with Crippen molar-refractivity contribution in [3.05, 3.63) is 53.6 Å². The first-order valence-corrected chi connectivity index (χ1v) is 6.72. The van der Waals surface area contributed by atoms with Crippen molar-refractivity contribution in [3.63, 3.8) is 0 Å². The Labute approximate surface area is 123 Å². The quantitative estimate of drug-likeness (QED) is 0.869. The fourth-order valence-electron chi connectivity index (χ4n) is 2.47. The van der Waals surface area contributed by atoms with Gasteiger partial charge in [-0.25, -0.2) is 0 Å². The van der Waals surface area contributed by atoms with E-state index < -0.39 is 0 Å². The number of carbonyl (C=O) groups excluding carboxylic acids is 1. The molecule has 2 aromatic carbocycles. The Morgan fingerprint density at radius 3 is 2.33 bits per heavy atom. The number of ketones is 1. The molecule has 0 bridgehead atoms. The molecule has 21 heavy (non-hydrogen) atoms. The number of ether oxygens (including phenoxy) is 3. The topological polar surface area (TPSA) is 44.8 Å². The van der Waals surface area contributed by atoms with Crippen LogP contribution in [0.15, 0.2) is 42.5 Å². The lowest BCUT2D eigenvalue weighted by molar-refractivity contribution is 0.0896. The van der Waals surface area contributed by atoms with Gasteiger partial charge in [-0.15, -0.1) is 0 Å². The van der Waals surface area contributed by atoms with Crippen LogP contribution in [0.5, 0.6) is 17.2 Å². The lowest BCUT2D eigenvalue weighted by atomic mass is 9.89. The molecule has 0 saturated heterocycles. The van der Waals surface area contributed by atoms with E-state index in [-0.39, 0.29) is 11.7 Å². The van der Waals surface area contributed by atoms with E-state index in [0.717, 1.165) is 11.3 Å². The fourth-order valence-corrected chi connectivity index (χ4v) is 2.47. The molecule has 1 heterocycles. The van der Waals surface area contributed by atoms with Crippen molar-refractivity contribution in [1.82, 2.24) is 0 Å². The van der Waals surface area contributed by atoms with Gasteiger partial charge in [0.25, 0.3) is 0 Å². The molecule has 1 unspecified atom stereocenters. The van der Waals surface area contributed by atoms with Crippen molar-refractivity contribution in [2.24, 2.45) is 0 Å². The largest absolute Gasteiger partial charge is 0.497 e. The van der Waals surface area contributed by atoms with E-state index in [1.165, 1.54) is 0 Å². The molecule has 3 rings (SSSR count). The van der Waals surface area contributed by atoms with Crippen LogP contribution in [-0.2, 0) is 0 Å². The van der Waals surface area contributed by atoms with Gasteiger partial charge in [0.1, 0.15) is 23.9 Å². The Kier molecular flexibility index (Phi) is 3.52. The normalized spacial score (nSPS) is 16.9. The molecule has 0 saturated carbocycles. The van der Waals surface area contributed by atoms with E-state index in [1.807, 2.05) is 24.3 Å². The van der Waals surface area contributed by atoms with Crippen molar-refractivity contribution in [3.8, 4) is 17.2 Å². The maximum Gasteiger partial charge on any atom is 0.177 e. The van der Waals surface area contributed by atoms with Crippen molar-refractivity contribution in [1.29, 1.82) is 0 Å². The van der Waals surface area contributed by atoms with Crippen LogP contribution in [0.25, 0.3) is 0 Å². The molecule has 4 nitrogen and oxygen atoms in total.